The third-order valence-corrected chi connectivity index (χ3v) is 4.81. The topological polar surface area (TPSA) is 34.0 Å². The predicted octanol–water partition coefficient (Wildman–Crippen LogP) is 3.78. The van der Waals surface area contributed by atoms with Gasteiger partial charge >= 0.3 is 0 Å². The molecule has 4 nitrogen and oxygen atoms in total. The van der Waals surface area contributed by atoms with Crippen LogP contribution in [0, 0.1) is 6.92 Å². The summed E-state index contributed by atoms with van der Waals surface area (Å²) in [5, 5.41) is 9.69. The van der Waals surface area contributed by atoms with Crippen LogP contribution in [0.5, 0.6) is 0 Å². The second kappa shape index (κ2) is 5.50. The lowest BCUT2D eigenvalue weighted by Gasteiger charge is -2.29. The molecule has 1 aliphatic heterocycles. The van der Waals surface area contributed by atoms with Crippen LogP contribution < -0.4 is 4.90 Å². The minimum absolute atomic E-state index is 0.780. The fourth-order valence-electron chi connectivity index (χ4n) is 2.58. The number of benzene rings is 2. The molecule has 0 spiro atoms. The second-order valence-electron chi connectivity index (χ2n) is 5.39. The van der Waals surface area contributed by atoms with Crippen molar-refractivity contribution < 1.29 is 0 Å². The van der Waals surface area contributed by atoms with Gasteiger partial charge in [0.25, 0.3) is 0 Å². The summed E-state index contributed by atoms with van der Waals surface area (Å²) in [7, 11) is 0. The average Bonchev–Trinajstić information content (AvgIpc) is 2.99. The number of fused-ring (bicyclic) bond motifs is 1. The summed E-state index contributed by atoms with van der Waals surface area (Å²) < 4.78 is 2.18. The quantitative estimate of drug-likeness (QED) is 0.721. The minimum atomic E-state index is 0.780. The van der Waals surface area contributed by atoms with E-state index in [1.54, 1.807) is 11.8 Å². The SMILES string of the molecule is Cc1ccc(N2CSc3nnc(-c4ccccc4)n3C2)cc1. The zero-order chi connectivity index (χ0) is 14.9. The standard InChI is InChI=1S/C17H16N4S/c1-13-7-9-15(10-8-13)20-11-21-16(14-5-3-2-4-6-14)18-19-17(21)22-12-20/h2-10H,11-12H2,1H3. The Balaban J connectivity index is 1.68. The lowest BCUT2D eigenvalue weighted by molar-refractivity contribution is 0.608. The first-order chi connectivity index (χ1) is 10.8. The van der Waals surface area contributed by atoms with E-state index in [-0.39, 0.29) is 0 Å². The minimum Gasteiger partial charge on any atom is -0.344 e. The molecule has 0 bridgehead atoms. The first-order valence-electron chi connectivity index (χ1n) is 7.24. The van der Waals surface area contributed by atoms with Gasteiger partial charge in [0.05, 0.1) is 12.5 Å². The summed E-state index contributed by atoms with van der Waals surface area (Å²) in [6.45, 7) is 2.89. The summed E-state index contributed by atoms with van der Waals surface area (Å²) >= 11 is 1.73. The highest BCUT2D eigenvalue weighted by Gasteiger charge is 2.22. The zero-order valence-electron chi connectivity index (χ0n) is 12.3. The van der Waals surface area contributed by atoms with Gasteiger partial charge in [-0.1, -0.05) is 59.8 Å². The van der Waals surface area contributed by atoms with Gasteiger partial charge in [0.15, 0.2) is 11.0 Å². The van der Waals surface area contributed by atoms with Crippen molar-refractivity contribution in [2.75, 3.05) is 10.8 Å². The monoisotopic (exact) mass is 308 g/mol. The molecule has 5 heteroatoms. The highest BCUT2D eigenvalue weighted by atomic mass is 32.2. The Labute approximate surface area is 133 Å². The van der Waals surface area contributed by atoms with Crippen molar-refractivity contribution in [3.8, 4) is 11.4 Å². The molecule has 1 aliphatic rings. The average molecular weight is 308 g/mol. The van der Waals surface area contributed by atoms with Gasteiger partial charge in [-0.25, -0.2) is 0 Å². The van der Waals surface area contributed by atoms with Gasteiger partial charge in [-0.15, -0.1) is 10.2 Å². The number of aromatic nitrogens is 3. The van der Waals surface area contributed by atoms with Crippen molar-refractivity contribution >= 4 is 17.4 Å². The predicted molar refractivity (Wildman–Crippen MR) is 89.8 cm³/mol. The highest BCUT2D eigenvalue weighted by molar-refractivity contribution is 7.99. The Bertz CT molecular complexity index is 780. The summed E-state index contributed by atoms with van der Waals surface area (Å²) in [6, 6.07) is 18.9. The first kappa shape index (κ1) is 13.4. The van der Waals surface area contributed by atoms with Crippen LogP contribution in [0.1, 0.15) is 5.56 Å². The third kappa shape index (κ3) is 2.37. The van der Waals surface area contributed by atoms with E-state index in [0.29, 0.717) is 0 Å². The fourth-order valence-corrected chi connectivity index (χ4v) is 3.48. The Kier molecular flexibility index (Phi) is 3.35. The molecule has 4 rings (SSSR count). The molecule has 0 fully saturated rings. The number of thioether (sulfide) groups is 1. The van der Waals surface area contributed by atoms with Crippen molar-refractivity contribution in [2.24, 2.45) is 0 Å². The van der Waals surface area contributed by atoms with E-state index in [9.17, 15) is 0 Å². The lowest BCUT2D eigenvalue weighted by Crippen LogP contribution is -2.30. The van der Waals surface area contributed by atoms with Crippen LogP contribution >= 0.6 is 11.8 Å². The van der Waals surface area contributed by atoms with Crippen molar-refractivity contribution in [3.05, 3.63) is 60.2 Å². The molecule has 0 aliphatic carbocycles. The molecule has 0 N–H and O–H groups in total. The van der Waals surface area contributed by atoms with Crippen molar-refractivity contribution in [1.29, 1.82) is 0 Å². The first-order valence-corrected chi connectivity index (χ1v) is 8.23. The van der Waals surface area contributed by atoms with Gasteiger partial charge in [-0.3, -0.25) is 4.57 Å². The van der Waals surface area contributed by atoms with E-state index >= 15 is 0 Å². The van der Waals surface area contributed by atoms with Gasteiger partial charge in [0.1, 0.15) is 0 Å². The van der Waals surface area contributed by atoms with E-state index in [4.69, 9.17) is 0 Å². The molecule has 0 radical (unpaired) electrons. The number of anilines is 1. The zero-order valence-corrected chi connectivity index (χ0v) is 13.1. The molecule has 0 saturated carbocycles. The van der Waals surface area contributed by atoms with Crippen LogP contribution in [0.2, 0.25) is 0 Å². The van der Waals surface area contributed by atoms with Crippen molar-refractivity contribution in [1.82, 2.24) is 14.8 Å². The lowest BCUT2D eigenvalue weighted by atomic mass is 10.2. The summed E-state index contributed by atoms with van der Waals surface area (Å²) in [6.07, 6.45) is 0. The van der Waals surface area contributed by atoms with Crippen LogP contribution in [0.25, 0.3) is 11.4 Å². The molecule has 1 aromatic heterocycles. The van der Waals surface area contributed by atoms with Crippen LogP contribution in [0.15, 0.2) is 59.8 Å². The van der Waals surface area contributed by atoms with Crippen LogP contribution in [-0.4, -0.2) is 20.6 Å². The maximum atomic E-state index is 4.38. The van der Waals surface area contributed by atoms with Gasteiger partial charge in [-0.05, 0) is 19.1 Å². The molecular formula is C17H16N4S. The van der Waals surface area contributed by atoms with Gasteiger partial charge in [0.2, 0.25) is 0 Å². The van der Waals surface area contributed by atoms with Gasteiger partial charge in [-0.2, -0.15) is 0 Å². The van der Waals surface area contributed by atoms with Crippen molar-refractivity contribution in [3.63, 3.8) is 0 Å². The molecule has 0 atom stereocenters. The molecular weight excluding hydrogens is 292 g/mol. The molecule has 3 aromatic rings. The molecule has 110 valence electrons. The van der Waals surface area contributed by atoms with E-state index in [1.807, 2.05) is 18.2 Å². The molecule has 0 amide bonds. The molecule has 22 heavy (non-hydrogen) atoms. The number of rotatable bonds is 2. The summed E-state index contributed by atoms with van der Waals surface area (Å²) in [5.74, 6) is 1.83. The van der Waals surface area contributed by atoms with Gasteiger partial charge < -0.3 is 4.90 Å². The van der Waals surface area contributed by atoms with E-state index in [0.717, 1.165) is 29.1 Å². The number of nitrogens with zero attached hydrogens (tertiary/aromatic N) is 4. The Hall–Kier alpha value is -2.27. The summed E-state index contributed by atoms with van der Waals surface area (Å²) in [5.41, 5.74) is 3.62. The molecule has 0 unspecified atom stereocenters. The number of aryl methyl sites for hydroxylation is 1. The van der Waals surface area contributed by atoms with Gasteiger partial charge in [0, 0.05) is 11.3 Å². The fraction of sp³-hybridized carbons (Fsp3) is 0.176. The van der Waals surface area contributed by atoms with Crippen LogP contribution in [0.4, 0.5) is 5.69 Å². The maximum Gasteiger partial charge on any atom is 0.194 e. The van der Waals surface area contributed by atoms with Crippen LogP contribution in [0.3, 0.4) is 0 Å². The largest absolute Gasteiger partial charge is 0.344 e. The number of hydrogen-bond donors (Lipinski definition) is 0. The Morgan fingerprint density at radius 3 is 2.50 bits per heavy atom. The Morgan fingerprint density at radius 2 is 1.73 bits per heavy atom. The highest BCUT2D eigenvalue weighted by Crippen LogP contribution is 2.31. The molecule has 2 aromatic carbocycles. The van der Waals surface area contributed by atoms with Crippen molar-refractivity contribution in [2.45, 2.75) is 18.7 Å². The molecule has 0 saturated heterocycles. The van der Waals surface area contributed by atoms with E-state index in [1.165, 1.54) is 11.3 Å². The summed E-state index contributed by atoms with van der Waals surface area (Å²) in [4.78, 5) is 2.34. The maximum absolute atomic E-state index is 4.38. The smallest absolute Gasteiger partial charge is 0.194 e. The normalized spacial score (nSPS) is 14.0. The van der Waals surface area contributed by atoms with E-state index in [2.05, 4.69) is 63.0 Å². The third-order valence-electron chi connectivity index (χ3n) is 3.81. The van der Waals surface area contributed by atoms with Crippen LogP contribution in [-0.2, 0) is 6.67 Å². The second-order valence-corrected chi connectivity index (χ2v) is 6.30. The number of hydrogen-bond acceptors (Lipinski definition) is 4. The van der Waals surface area contributed by atoms with E-state index < -0.39 is 0 Å². The Morgan fingerprint density at radius 1 is 0.955 bits per heavy atom. The molecule has 2 heterocycles.